The number of ether oxygens (including phenoxy) is 2. The molecule has 1 amide bonds. The Bertz CT molecular complexity index is 641. The van der Waals surface area contributed by atoms with Gasteiger partial charge in [0.2, 0.25) is 0 Å². The number of likely N-dealkylation sites (tertiary alicyclic amines) is 1. The van der Waals surface area contributed by atoms with E-state index in [1.54, 1.807) is 13.8 Å². The largest absolute Gasteiger partial charge is 0.481 e. The van der Waals surface area contributed by atoms with E-state index in [-0.39, 0.29) is 24.2 Å². The molecule has 1 aromatic rings. The summed E-state index contributed by atoms with van der Waals surface area (Å²) >= 11 is 0. The lowest BCUT2D eigenvalue weighted by Gasteiger charge is -2.24. The van der Waals surface area contributed by atoms with E-state index in [0.29, 0.717) is 29.7 Å². The second-order valence-corrected chi connectivity index (χ2v) is 6.12. The smallest absolute Gasteiger partial charge is 0.387 e. The van der Waals surface area contributed by atoms with Gasteiger partial charge in [0.1, 0.15) is 5.75 Å². The average molecular weight is 357 g/mol. The molecule has 25 heavy (non-hydrogen) atoms. The van der Waals surface area contributed by atoms with Crippen molar-refractivity contribution >= 4 is 11.9 Å². The summed E-state index contributed by atoms with van der Waals surface area (Å²) in [5, 5.41) is 9.05. The molecule has 0 spiro atoms. The zero-order chi connectivity index (χ0) is 18.7. The van der Waals surface area contributed by atoms with Crippen molar-refractivity contribution in [1.29, 1.82) is 0 Å². The molecule has 1 aliphatic rings. The minimum absolute atomic E-state index is 0.0461. The second kappa shape index (κ2) is 7.77. The van der Waals surface area contributed by atoms with E-state index in [9.17, 15) is 18.4 Å². The number of hydrogen-bond acceptors (Lipinski definition) is 4. The number of carbonyl (C=O) groups is 2. The van der Waals surface area contributed by atoms with Gasteiger partial charge in [0.25, 0.3) is 5.91 Å². The summed E-state index contributed by atoms with van der Waals surface area (Å²) < 4.78 is 34.7. The van der Waals surface area contributed by atoms with E-state index in [2.05, 4.69) is 4.74 Å². The van der Waals surface area contributed by atoms with Crippen LogP contribution in [0.5, 0.6) is 5.75 Å². The lowest BCUT2D eigenvalue weighted by Crippen LogP contribution is -2.37. The molecule has 6 nitrogen and oxygen atoms in total. The average Bonchev–Trinajstić information content (AvgIpc) is 2.92. The normalized spacial score (nSPS) is 20.2. The van der Waals surface area contributed by atoms with E-state index >= 15 is 0 Å². The Labute approximate surface area is 144 Å². The van der Waals surface area contributed by atoms with E-state index < -0.39 is 18.6 Å². The van der Waals surface area contributed by atoms with Crippen molar-refractivity contribution in [3.05, 3.63) is 28.8 Å². The number of amides is 1. The standard InChI is InChI=1S/C17H21F2NO5/c1-9-4-11(5-10(2)15(9)25-17(18)19)16(23)20-8-13(24-3)6-12(20)7-14(21)22/h4-5,12-13,17H,6-8H2,1-3H3,(H,21,22). The van der Waals surface area contributed by atoms with Crippen molar-refractivity contribution in [2.45, 2.75) is 45.4 Å². The number of alkyl halides is 2. The molecule has 1 heterocycles. The first-order valence-electron chi connectivity index (χ1n) is 7.84. The minimum atomic E-state index is -2.94. The van der Waals surface area contributed by atoms with Gasteiger partial charge >= 0.3 is 12.6 Å². The van der Waals surface area contributed by atoms with Gasteiger partial charge in [-0.05, 0) is 43.5 Å². The third-order valence-electron chi connectivity index (χ3n) is 4.29. The number of methoxy groups -OCH3 is 1. The van der Waals surface area contributed by atoms with Crippen LogP contribution in [0.2, 0.25) is 0 Å². The molecular weight excluding hydrogens is 336 g/mol. The highest BCUT2D eigenvalue weighted by Crippen LogP contribution is 2.29. The Morgan fingerprint density at radius 1 is 1.32 bits per heavy atom. The summed E-state index contributed by atoms with van der Waals surface area (Å²) in [5.74, 6) is -1.29. The van der Waals surface area contributed by atoms with Gasteiger partial charge in [-0.3, -0.25) is 9.59 Å². The Morgan fingerprint density at radius 3 is 2.40 bits per heavy atom. The highest BCUT2D eigenvalue weighted by molar-refractivity contribution is 5.95. The van der Waals surface area contributed by atoms with E-state index in [1.807, 2.05) is 0 Å². The number of aliphatic carboxylic acids is 1. The molecule has 0 aromatic heterocycles. The number of nitrogens with zero attached hydrogens (tertiary/aromatic N) is 1. The third kappa shape index (κ3) is 4.45. The number of carboxylic acid groups (broad SMARTS) is 1. The predicted molar refractivity (Wildman–Crippen MR) is 85.0 cm³/mol. The van der Waals surface area contributed by atoms with Gasteiger partial charge in [-0.25, -0.2) is 0 Å². The number of carboxylic acids is 1. The van der Waals surface area contributed by atoms with Gasteiger partial charge in [0.05, 0.1) is 12.5 Å². The lowest BCUT2D eigenvalue weighted by molar-refractivity contribution is -0.138. The molecule has 2 rings (SSSR count). The molecular formula is C17H21F2NO5. The van der Waals surface area contributed by atoms with Gasteiger partial charge in [-0.2, -0.15) is 8.78 Å². The minimum Gasteiger partial charge on any atom is -0.481 e. The summed E-state index contributed by atoms with van der Waals surface area (Å²) in [6, 6.07) is 2.49. The van der Waals surface area contributed by atoms with Crippen molar-refractivity contribution < 1.29 is 33.0 Å². The SMILES string of the molecule is COC1CC(CC(=O)O)N(C(=O)c2cc(C)c(OC(F)F)c(C)c2)C1. The summed E-state index contributed by atoms with van der Waals surface area (Å²) in [7, 11) is 1.52. The summed E-state index contributed by atoms with van der Waals surface area (Å²) in [6.45, 7) is 0.511. The fraction of sp³-hybridized carbons (Fsp3) is 0.529. The molecule has 0 radical (unpaired) electrons. The maximum absolute atomic E-state index is 12.8. The van der Waals surface area contributed by atoms with Crippen LogP contribution in [0.15, 0.2) is 12.1 Å². The van der Waals surface area contributed by atoms with Crippen molar-refractivity contribution in [2.24, 2.45) is 0 Å². The van der Waals surface area contributed by atoms with Gasteiger partial charge in [0.15, 0.2) is 0 Å². The second-order valence-electron chi connectivity index (χ2n) is 6.12. The first kappa shape index (κ1) is 19.1. The summed E-state index contributed by atoms with van der Waals surface area (Å²) in [5.41, 5.74) is 1.14. The van der Waals surface area contributed by atoms with Gasteiger partial charge < -0.3 is 19.5 Å². The molecule has 0 aliphatic carbocycles. The van der Waals surface area contributed by atoms with Crippen molar-refractivity contribution in [3.8, 4) is 5.75 Å². The number of benzene rings is 1. The lowest BCUT2D eigenvalue weighted by atomic mass is 10.0. The monoisotopic (exact) mass is 357 g/mol. The van der Waals surface area contributed by atoms with Crippen LogP contribution in [0.25, 0.3) is 0 Å². The molecule has 1 saturated heterocycles. The van der Waals surface area contributed by atoms with Crippen LogP contribution >= 0.6 is 0 Å². The number of rotatable bonds is 6. The molecule has 1 aromatic carbocycles. The van der Waals surface area contributed by atoms with Crippen LogP contribution in [0.4, 0.5) is 8.78 Å². The zero-order valence-corrected chi connectivity index (χ0v) is 14.3. The number of halogens is 2. The molecule has 8 heteroatoms. The Morgan fingerprint density at radius 2 is 1.92 bits per heavy atom. The first-order valence-corrected chi connectivity index (χ1v) is 7.84. The van der Waals surface area contributed by atoms with Gasteiger partial charge in [0, 0.05) is 25.3 Å². The first-order chi connectivity index (χ1) is 11.7. The van der Waals surface area contributed by atoms with Crippen molar-refractivity contribution in [1.82, 2.24) is 4.90 Å². The zero-order valence-electron chi connectivity index (χ0n) is 14.3. The summed E-state index contributed by atoms with van der Waals surface area (Å²) in [6.07, 6.45) is 0.0480. The van der Waals surface area contributed by atoms with Crippen LogP contribution < -0.4 is 4.74 Å². The van der Waals surface area contributed by atoms with Gasteiger partial charge in [-0.15, -0.1) is 0 Å². The Balaban J connectivity index is 2.28. The Kier molecular flexibility index (Phi) is 5.94. The van der Waals surface area contributed by atoms with Crippen LogP contribution in [-0.2, 0) is 9.53 Å². The summed E-state index contributed by atoms with van der Waals surface area (Å²) in [4.78, 5) is 25.3. The highest BCUT2D eigenvalue weighted by Gasteiger charge is 2.37. The van der Waals surface area contributed by atoms with Crippen LogP contribution in [0.3, 0.4) is 0 Å². The molecule has 1 aliphatic heterocycles. The molecule has 1 fully saturated rings. The Hall–Kier alpha value is -2.22. The fourth-order valence-electron chi connectivity index (χ4n) is 3.20. The van der Waals surface area contributed by atoms with Crippen molar-refractivity contribution in [2.75, 3.05) is 13.7 Å². The molecule has 0 saturated carbocycles. The van der Waals surface area contributed by atoms with Crippen LogP contribution in [0.1, 0.15) is 34.3 Å². The fourth-order valence-corrected chi connectivity index (χ4v) is 3.20. The number of carbonyl (C=O) groups excluding carboxylic acids is 1. The van der Waals surface area contributed by atoms with E-state index in [0.717, 1.165) is 0 Å². The van der Waals surface area contributed by atoms with Gasteiger partial charge in [-0.1, -0.05) is 0 Å². The maximum atomic E-state index is 12.8. The molecule has 2 atom stereocenters. The van der Waals surface area contributed by atoms with Crippen LogP contribution in [-0.4, -0.2) is 54.3 Å². The van der Waals surface area contributed by atoms with Crippen LogP contribution in [0, 0.1) is 13.8 Å². The maximum Gasteiger partial charge on any atom is 0.387 e. The molecule has 0 bridgehead atoms. The third-order valence-corrected chi connectivity index (χ3v) is 4.29. The number of hydrogen-bond donors (Lipinski definition) is 1. The molecule has 138 valence electrons. The van der Waals surface area contributed by atoms with E-state index in [1.165, 1.54) is 24.1 Å². The topological polar surface area (TPSA) is 76.1 Å². The van der Waals surface area contributed by atoms with Crippen molar-refractivity contribution in [3.63, 3.8) is 0 Å². The predicted octanol–water partition coefficient (Wildman–Crippen LogP) is 2.61. The molecule has 1 N–H and O–H groups in total. The number of aryl methyl sites for hydroxylation is 2. The highest BCUT2D eigenvalue weighted by atomic mass is 19.3. The van der Waals surface area contributed by atoms with E-state index in [4.69, 9.17) is 9.84 Å². The molecule has 2 unspecified atom stereocenters. The quantitative estimate of drug-likeness (QED) is 0.847.